The minimum absolute atomic E-state index is 0.0983. The van der Waals surface area contributed by atoms with Gasteiger partial charge in [-0.25, -0.2) is 4.98 Å². The van der Waals surface area contributed by atoms with E-state index in [1.165, 1.54) is 23.1 Å². The van der Waals surface area contributed by atoms with Crippen LogP contribution in [0.3, 0.4) is 0 Å². The summed E-state index contributed by atoms with van der Waals surface area (Å²) in [6, 6.07) is 11.1. The fourth-order valence-corrected chi connectivity index (χ4v) is 5.48. The van der Waals surface area contributed by atoms with Gasteiger partial charge in [0.05, 0.1) is 37.8 Å². The van der Waals surface area contributed by atoms with Crippen LogP contribution in [-0.2, 0) is 24.3 Å². The van der Waals surface area contributed by atoms with E-state index < -0.39 is 5.25 Å². The second-order valence-corrected chi connectivity index (χ2v) is 9.82. The molecular weight excluding hydrogens is 486 g/mol. The second kappa shape index (κ2) is 11.5. The highest BCUT2D eigenvalue weighted by molar-refractivity contribution is 8.00. The predicted molar refractivity (Wildman–Crippen MR) is 138 cm³/mol. The van der Waals surface area contributed by atoms with Crippen LogP contribution < -0.4 is 20.3 Å². The smallest absolute Gasteiger partial charge is 0.272 e. The molecule has 0 radical (unpaired) electrons. The number of hydrogen-bond acceptors (Lipinski definition) is 8. The number of amides is 1. The maximum Gasteiger partial charge on any atom is 0.272 e. The average molecular weight is 514 g/mol. The molecule has 3 heterocycles. The van der Waals surface area contributed by atoms with Crippen LogP contribution in [0.15, 0.2) is 62.4 Å². The molecular formula is C25H27N3O5S2. The zero-order valence-corrected chi connectivity index (χ0v) is 21.4. The van der Waals surface area contributed by atoms with E-state index in [1.807, 2.05) is 42.6 Å². The van der Waals surface area contributed by atoms with E-state index in [4.69, 9.17) is 18.9 Å². The Kier molecular flexibility index (Phi) is 8.14. The van der Waals surface area contributed by atoms with Crippen LogP contribution in [0.1, 0.15) is 24.7 Å². The lowest BCUT2D eigenvalue weighted by Crippen LogP contribution is -2.33. The van der Waals surface area contributed by atoms with Crippen LogP contribution in [0.2, 0.25) is 0 Å². The van der Waals surface area contributed by atoms with Crippen LogP contribution in [0.25, 0.3) is 10.2 Å². The monoisotopic (exact) mass is 513 g/mol. The number of fused-ring (bicyclic) bond motifs is 1. The highest BCUT2D eigenvalue weighted by Gasteiger charge is 2.22. The molecule has 184 valence electrons. The van der Waals surface area contributed by atoms with Gasteiger partial charge in [0.1, 0.15) is 10.5 Å². The largest absolute Gasteiger partial charge is 0.493 e. The van der Waals surface area contributed by atoms with E-state index in [2.05, 4.69) is 5.32 Å². The molecule has 0 unspecified atom stereocenters. The zero-order chi connectivity index (χ0) is 24.8. The van der Waals surface area contributed by atoms with Crippen LogP contribution >= 0.6 is 23.1 Å². The fourth-order valence-electron chi connectivity index (χ4n) is 3.64. The number of methoxy groups -OCH3 is 2. The van der Waals surface area contributed by atoms with Gasteiger partial charge in [0.15, 0.2) is 16.7 Å². The van der Waals surface area contributed by atoms with E-state index in [0.717, 1.165) is 5.56 Å². The summed E-state index contributed by atoms with van der Waals surface area (Å²) < 4.78 is 18.3. The normalized spacial score (nSPS) is 12.0. The fraction of sp³-hybridized carbons (Fsp3) is 0.320. The van der Waals surface area contributed by atoms with Crippen molar-refractivity contribution in [2.45, 2.75) is 43.3 Å². The first kappa shape index (κ1) is 24.9. The Morgan fingerprint density at radius 2 is 2.06 bits per heavy atom. The molecule has 0 fully saturated rings. The number of ether oxygens (including phenoxy) is 2. The number of benzene rings is 1. The number of thiophene rings is 1. The summed E-state index contributed by atoms with van der Waals surface area (Å²) in [5.74, 6) is 1.85. The molecule has 0 saturated heterocycles. The Balaban J connectivity index is 1.57. The van der Waals surface area contributed by atoms with Crippen molar-refractivity contribution in [3.63, 3.8) is 0 Å². The number of hydrogen-bond donors (Lipinski definition) is 1. The first-order chi connectivity index (χ1) is 17.0. The molecule has 0 aliphatic heterocycles. The van der Waals surface area contributed by atoms with Gasteiger partial charge in [-0.2, -0.15) is 0 Å². The SMILES string of the molecule is CC[C@@H](Sc1nc2ccsc2c(=O)n1CCc1ccc(OC)c(OC)c1)C(=O)NCc1ccco1. The molecule has 1 amide bonds. The lowest BCUT2D eigenvalue weighted by molar-refractivity contribution is -0.120. The average Bonchev–Trinajstić information content (AvgIpc) is 3.57. The van der Waals surface area contributed by atoms with Crippen molar-refractivity contribution in [2.75, 3.05) is 14.2 Å². The van der Waals surface area contributed by atoms with Gasteiger partial charge < -0.3 is 19.2 Å². The molecule has 4 rings (SSSR count). The molecule has 0 aliphatic carbocycles. The Morgan fingerprint density at radius 3 is 2.77 bits per heavy atom. The quantitative estimate of drug-likeness (QED) is 0.233. The third kappa shape index (κ3) is 5.71. The van der Waals surface area contributed by atoms with E-state index in [-0.39, 0.29) is 11.5 Å². The van der Waals surface area contributed by atoms with Crippen molar-refractivity contribution < 1.29 is 18.7 Å². The summed E-state index contributed by atoms with van der Waals surface area (Å²) in [7, 11) is 3.19. The van der Waals surface area contributed by atoms with E-state index in [9.17, 15) is 9.59 Å². The summed E-state index contributed by atoms with van der Waals surface area (Å²) >= 11 is 2.69. The Morgan fingerprint density at radius 1 is 1.23 bits per heavy atom. The van der Waals surface area contributed by atoms with Crippen molar-refractivity contribution in [1.29, 1.82) is 0 Å². The molecule has 1 aromatic carbocycles. The lowest BCUT2D eigenvalue weighted by atomic mass is 10.1. The first-order valence-electron chi connectivity index (χ1n) is 11.2. The van der Waals surface area contributed by atoms with Crippen LogP contribution in [-0.4, -0.2) is 34.9 Å². The topological polar surface area (TPSA) is 95.6 Å². The zero-order valence-electron chi connectivity index (χ0n) is 19.8. The highest BCUT2D eigenvalue weighted by atomic mass is 32.2. The van der Waals surface area contributed by atoms with Gasteiger partial charge in [-0.1, -0.05) is 24.8 Å². The highest BCUT2D eigenvalue weighted by Crippen LogP contribution is 2.29. The predicted octanol–water partition coefficient (Wildman–Crippen LogP) is 4.50. The molecule has 0 aliphatic rings. The molecule has 35 heavy (non-hydrogen) atoms. The van der Waals surface area contributed by atoms with Crippen molar-refractivity contribution >= 4 is 39.2 Å². The number of nitrogens with one attached hydrogen (secondary N) is 1. The van der Waals surface area contributed by atoms with Gasteiger partial charge in [-0.15, -0.1) is 11.3 Å². The summed E-state index contributed by atoms with van der Waals surface area (Å²) in [6.07, 6.45) is 2.75. The number of carbonyl (C=O) groups is 1. The number of rotatable bonds is 11. The maximum absolute atomic E-state index is 13.3. The summed E-state index contributed by atoms with van der Waals surface area (Å²) in [4.78, 5) is 31.0. The molecule has 4 aromatic rings. The number of nitrogens with zero attached hydrogens (tertiary/aromatic N) is 2. The van der Waals surface area contributed by atoms with Gasteiger partial charge >= 0.3 is 0 Å². The van der Waals surface area contributed by atoms with Crippen molar-refractivity contribution in [2.24, 2.45) is 0 Å². The summed E-state index contributed by atoms with van der Waals surface area (Å²) in [5, 5.41) is 4.90. The second-order valence-electron chi connectivity index (χ2n) is 7.74. The molecule has 10 heteroatoms. The van der Waals surface area contributed by atoms with Gasteiger partial charge in [-0.05, 0) is 54.1 Å². The van der Waals surface area contributed by atoms with Crippen molar-refractivity contribution in [3.8, 4) is 11.5 Å². The van der Waals surface area contributed by atoms with Gasteiger partial charge in [0, 0.05) is 6.54 Å². The van der Waals surface area contributed by atoms with Crippen LogP contribution in [0, 0.1) is 0 Å². The van der Waals surface area contributed by atoms with Crippen molar-refractivity contribution in [1.82, 2.24) is 14.9 Å². The van der Waals surface area contributed by atoms with E-state index in [0.29, 0.717) is 58.6 Å². The number of aromatic nitrogens is 2. The third-order valence-corrected chi connectivity index (χ3v) is 7.78. The minimum atomic E-state index is -0.403. The Labute approximate surface area is 211 Å². The molecule has 8 nitrogen and oxygen atoms in total. The van der Waals surface area contributed by atoms with E-state index in [1.54, 1.807) is 31.1 Å². The van der Waals surface area contributed by atoms with Crippen LogP contribution in [0.5, 0.6) is 11.5 Å². The summed E-state index contributed by atoms with van der Waals surface area (Å²) in [6.45, 7) is 2.67. The molecule has 0 saturated carbocycles. The third-order valence-electron chi connectivity index (χ3n) is 5.53. The molecule has 1 N–H and O–H groups in total. The Hall–Kier alpha value is -3.24. The van der Waals surface area contributed by atoms with E-state index >= 15 is 0 Å². The molecule has 0 bridgehead atoms. The maximum atomic E-state index is 13.3. The molecule has 1 atom stereocenters. The van der Waals surface area contributed by atoms with Gasteiger partial charge in [0.25, 0.3) is 5.56 Å². The first-order valence-corrected chi connectivity index (χ1v) is 13.0. The van der Waals surface area contributed by atoms with Crippen LogP contribution in [0.4, 0.5) is 0 Å². The van der Waals surface area contributed by atoms with Gasteiger partial charge in [0.2, 0.25) is 5.91 Å². The summed E-state index contributed by atoms with van der Waals surface area (Å²) in [5.41, 5.74) is 1.55. The number of thioether (sulfide) groups is 1. The van der Waals surface area contributed by atoms with Gasteiger partial charge in [-0.3, -0.25) is 14.2 Å². The van der Waals surface area contributed by atoms with Crippen molar-refractivity contribution in [3.05, 3.63) is 69.7 Å². The standard InChI is InChI=1S/C25H27N3O5S2/c1-4-21(23(29)26-15-17-6-5-12-33-17)35-25-27-18-10-13-34-22(18)24(30)28(25)11-9-16-7-8-19(31-2)20(14-16)32-3/h5-8,10,12-14,21H,4,9,11,15H2,1-3H3,(H,26,29)/t21-/m1/s1. The number of aryl methyl sites for hydroxylation is 1. The number of furan rings is 1. The Bertz CT molecular complexity index is 1350. The number of carbonyl (C=O) groups excluding carboxylic acids is 1. The minimum Gasteiger partial charge on any atom is -0.493 e. The molecule has 0 spiro atoms. The molecule has 3 aromatic heterocycles. The lowest BCUT2D eigenvalue weighted by Gasteiger charge is -2.17.